The molecule has 1 heterocycles. The number of carbonyl (C=O) groups excluding carboxylic acids is 1. The van der Waals surface area contributed by atoms with Gasteiger partial charge in [-0.1, -0.05) is 37.1 Å². The van der Waals surface area contributed by atoms with Crippen LogP contribution >= 0.6 is 11.6 Å². The number of carbonyl (C=O) groups is 1. The van der Waals surface area contributed by atoms with E-state index in [0.717, 1.165) is 24.2 Å². The number of alkyl halides is 3. The third-order valence-electron chi connectivity index (χ3n) is 4.06. The molecule has 152 valence electrons. The Morgan fingerprint density at radius 3 is 2.52 bits per heavy atom. The molecule has 0 bridgehead atoms. The summed E-state index contributed by atoms with van der Waals surface area (Å²) in [5.41, 5.74) is -0.000620. The van der Waals surface area contributed by atoms with E-state index in [9.17, 15) is 18.0 Å². The number of hydrogen-bond donors (Lipinski definition) is 1. The predicted octanol–water partition coefficient (Wildman–Crippen LogP) is 6.11. The lowest BCUT2D eigenvalue weighted by molar-refractivity contribution is -0.136. The molecular formula is C20H17ClF3N3O2. The molecule has 0 aliphatic heterocycles. The number of amides is 1. The lowest BCUT2D eigenvalue weighted by Crippen LogP contribution is -2.20. The van der Waals surface area contributed by atoms with Crippen LogP contribution < -0.4 is 10.1 Å². The van der Waals surface area contributed by atoms with Gasteiger partial charge in [0.25, 0.3) is 0 Å². The summed E-state index contributed by atoms with van der Waals surface area (Å²) in [7, 11) is 0. The fourth-order valence-electron chi connectivity index (χ4n) is 2.79. The maximum atomic E-state index is 13.1. The molecule has 0 aliphatic rings. The van der Waals surface area contributed by atoms with Gasteiger partial charge in [0.15, 0.2) is 5.75 Å². The van der Waals surface area contributed by atoms with E-state index in [-0.39, 0.29) is 11.4 Å². The number of aromatic nitrogens is 2. The lowest BCUT2D eigenvalue weighted by Gasteiger charge is -2.14. The largest absolute Gasteiger partial charge is 0.418 e. The molecule has 3 aromatic rings. The molecule has 0 saturated heterocycles. The average molecular weight is 424 g/mol. The summed E-state index contributed by atoms with van der Waals surface area (Å²) in [6.45, 7) is 1.95. The first-order valence-corrected chi connectivity index (χ1v) is 9.15. The Bertz CT molecular complexity index is 1000. The zero-order valence-electron chi connectivity index (χ0n) is 15.3. The lowest BCUT2D eigenvalue weighted by atomic mass is 10.2. The number of para-hydroxylation sites is 1. The SMILES string of the molecule is CCCc1c(OC(=O)Nc2ccccc2C(F)(F)F)cnn1-c1ccc(Cl)cc1. The first-order chi connectivity index (χ1) is 13.8. The third kappa shape index (κ3) is 4.89. The van der Waals surface area contributed by atoms with E-state index in [1.807, 2.05) is 6.92 Å². The van der Waals surface area contributed by atoms with E-state index in [1.165, 1.54) is 18.3 Å². The Morgan fingerprint density at radius 1 is 1.17 bits per heavy atom. The maximum absolute atomic E-state index is 13.1. The highest BCUT2D eigenvalue weighted by Gasteiger charge is 2.33. The van der Waals surface area contributed by atoms with E-state index in [1.54, 1.807) is 28.9 Å². The number of nitrogens with one attached hydrogen (secondary N) is 1. The minimum atomic E-state index is -4.60. The molecule has 0 spiro atoms. The predicted molar refractivity (Wildman–Crippen MR) is 104 cm³/mol. The number of anilines is 1. The van der Waals surface area contributed by atoms with Crippen molar-refractivity contribution in [2.45, 2.75) is 25.9 Å². The van der Waals surface area contributed by atoms with Gasteiger partial charge in [0.05, 0.1) is 28.8 Å². The Labute approximate surface area is 170 Å². The number of ether oxygens (including phenoxy) is 1. The quantitative estimate of drug-likeness (QED) is 0.538. The van der Waals surface area contributed by atoms with E-state index >= 15 is 0 Å². The van der Waals surface area contributed by atoms with Crippen molar-refractivity contribution in [1.82, 2.24) is 9.78 Å². The average Bonchev–Trinajstić information content (AvgIpc) is 3.04. The molecule has 2 aromatic carbocycles. The van der Waals surface area contributed by atoms with Crippen LogP contribution in [0.15, 0.2) is 54.7 Å². The second-order valence-corrected chi connectivity index (χ2v) is 6.59. The molecule has 0 radical (unpaired) electrons. The first-order valence-electron chi connectivity index (χ1n) is 8.77. The minimum Gasteiger partial charge on any atom is -0.406 e. The van der Waals surface area contributed by atoms with Gasteiger partial charge in [0.1, 0.15) is 0 Å². The highest BCUT2D eigenvalue weighted by molar-refractivity contribution is 6.30. The van der Waals surface area contributed by atoms with Crippen molar-refractivity contribution in [3.8, 4) is 11.4 Å². The monoisotopic (exact) mass is 423 g/mol. The second-order valence-electron chi connectivity index (χ2n) is 6.15. The normalized spacial score (nSPS) is 11.3. The molecule has 0 unspecified atom stereocenters. The number of nitrogens with zero attached hydrogens (tertiary/aromatic N) is 2. The first kappa shape index (κ1) is 20.7. The molecule has 0 fully saturated rings. The minimum absolute atomic E-state index is 0.170. The van der Waals surface area contributed by atoms with Gasteiger partial charge in [-0.2, -0.15) is 18.3 Å². The molecular weight excluding hydrogens is 407 g/mol. The van der Waals surface area contributed by atoms with Crippen LogP contribution in [-0.2, 0) is 12.6 Å². The van der Waals surface area contributed by atoms with Crippen LogP contribution in [-0.4, -0.2) is 15.9 Å². The van der Waals surface area contributed by atoms with Crippen molar-refractivity contribution in [3.05, 3.63) is 71.0 Å². The summed E-state index contributed by atoms with van der Waals surface area (Å²) < 4.78 is 46.2. The number of halogens is 4. The van der Waals surface area contributed by atoms with Gasteiger partial charge in [-0.05, 0) is 42.8 Å². The highest BCUT2D eigenvalue weighted by Crippen LogP contribution is 2.34. The molecule has 0 aliphatic carbocycles. The molecule has 9 heteroatoms. The van der Waals surface area contributed by atoms with Gasteiger partial charge in [0, 0.05) is 5.02 Å². The van der Waals surface area contributed by atoms with Crippen LogP contribution in [0.4, 0.5) is 23.7 Å². The summed E-state index contributed by atoms with van der Waals surface area (Å²) in [6, 6.07) is 11.6. The molecule has 29 heavy (non-hydrogen) atoms. The van der Waals surface area contributed by atoms with Gasteiger partial charge in [-0.3, -0.25) is 5.32 Å². The summed E-state index contributed by atoms with van der Waals surface area (Å²) in [5, 5.41) is 6.96. The van der Waals surface area contributed by atoms with Crippen molar-refractivity contribution < 1.29 is 22.7 Å². The van der Waals surface area contributed by atoms with Crippen LogP contribution in [0.5, 0.6) is 5.75 Å². The van der Waals surface area contributed by atoms with E-state index < -0.39 is 17.8 Å². The summed E-state index contributed by atoms with van der Waals surface area (Å²) in [5.74, 6) is 0.170. The van der Waals surface area contributed by atoms with Crippen LogP contribution in [0.25, 0.3) is 5.69 Å². The standard InChI is InChI=1S/C20H17ClF3N3O2/c1-2-5-17-18(12-25-27(17)14-10-8-13(21)9-11-14)29-19(28)26-16-7-4-3-6-15(16)20(22,23)24/h3-4,6-12H,2,5H2,1H3,(H,26,28). The summed E-state index contributed by atoms with van der Waals surface area (Å²) >= 11 is 5.91. The molecule has 3 rings (SSSR count). The number of benzene rings is 2. The Balaban J connectivity index is 1.84. The van der Waals surface area contributed by atoms with Crippen molar-refractivity contribution >= 4 is 23.4 Å². The van der Waals surface area contributed by atoms with Crippen LogP contribution in [0.3, 0.4) is 0 Å². The molecule has 0 atom stereocenters. The molecule has 1 N–H and O–H groups in total. The fourth-order valence-corrected chi connectivity index (χ4v) is 2.92. The topological polar surface area (TPSA) is 56.1 Å². The zero-order valence-corrected chi connectivity index (χ0v) is 16.1. The molecule has 1 aromatic heterocycles. The highest BCUT2D eigenvalue weighted by atomic mass is 35.5. The van der Waals surface area contributed by atoms with Crippen LogP contribution in [0, 0.1) is 0 Å². The number of hydrogen-bond acceptors (Lipinski definition) is 3. The third-order valence-corrected chi connectivity index (χ3v) is 4.31. The van der Waals surface area contributed by atoms with Crippen molar-refractivity contribution in [3.63, 3.8) is 0 Å². The van der Waals surface area contributed by atoms with Crippen LogP contribution in [0.2, 0.25) is 5.02 Å². The van der Waals surface area contributed by atoms with Crippen molar-refractivity contribution in [2.24, 2.45) is 0 Å². The molecule has 0 saturated carbocycles. The van der Waals surface area contributed by atoms with Gasteiger partial charge in [-0.15, -0.1) is 0 Å². The second kappa shape index (κ2) is 8.57. The Kier molecular flexibility index (Phi) is 6.12. The molecule has 5 nitrogen and oxygen atoms in total. The van der Waals surface area contributed by atoms with Gasteiger partial charge in [-0.25, -0.2) is 9.48 Å². The van der Waals surface area contributed by atoms with E-state index in [0.29, 0.717) is 17.1 Å². The number of rotatable bonds is 5. The molecule has 1 amide bonds. The van der Waals surface area contributed by atoms with Gasteiger partial charge >= 0.3 is 12.3 Å². The fraction of sp³-hybridized carbons (Fsp3) is 0.200. The Morgan fingerprint density at radius 2 is 1.86 bits per heavy atom. The smallest absolute Gasteiger partial charge is 0.406 e. The van der Waals surface area contributed by atoms with Crippen molar-refractivity contribution in [1.29, 1.82) is 0 Å². The zero-order chi connectivity index (χ0) is 21.0. The van der Waals surface area contributed by atoms with E-state index in [2.05, 4.69) is 10.4 Å². The van der Waals surface area contributed by atoms with Crippen LogP contribution in [0.1, 0.15) is 24.6 Å². The van der Waals surface area contributed by atoms with Gasteiger partial charge < -0.3 is 4.74 Å². The van der Waals surface area contributed by atoms with Gasteiger partial charge in [0.2, 0.25) is 0 Å². The summed E-state index contributed by atoms with van der Waals surface area (Å²) in [4.78, 5) is 12.3. The summed E-state index contributed by atoms with van der Waals surface area (Å²) in [6.07, 6.45) is -2.99. The maximum Gasteiger partial charge on any atom is 0.418 e. The van der Waals surface area contributed by atoms with Crippen molar-refractivity contribution in [2.75, 3.05) is 5.32 Å². The Hall–Kier alpha value is -3.00. The van der Waals surface area contributed by atoms with E-state index in [4.69, 9.17) is 16.3 Å².